The maximum atomic E-state index is 10.0. The Hall–Kier alpha value is -0.0800. The average molecular weight is 213 g/mol. The lowest BCUT2D eigenvalue weighted by atomic mass is 9.72. The van der Waals surface area contributed by atoms with Crippen LogP contribution in [0.15, 0.2) is 0 Å². The molecule has 0 spiro atoms. The zero-order valence-corrected chi connectivity index (χ0v) is 10.8. The van der Waals surface area contributed by atoms with Crippen molar-refractivity contribution in [2.24, 2.45) is 5.41 Å². The topological polar surface area (TPSA) is 23.5 Å². The smallest absolute Gasteiger partial charge is 0.107 e. The maximum Gasteiger partial charge on any atom is 0.107 e. The predicted octanol–water partition coefficient (Wildman–Crippen LogP) is 3.01. The van der Waals surface area contributed by atoms with Crippen LogP contribution in [0, 0.1) is 5.41 Å². The quantitative estimate of drug-likeness (QED) is 0.726. The predicted molar refractivity (Wildman–Crippen MR) is 64.7 cm³/mol. The summed E-state index contributed by atoms with van der Waals surface area (Å²) in [6, 6.07) is 0.549. The third-order valence-corrected chi connectivity index (χ3v) is 3.96. The van der Waals surface area contributed by atoms with Gasteiger partial charge in [-0.1, -0.05) is 40.0 Å². The minimum absolute atomic E-state index is 0.252. The Kier molecular flexibility index (Phi) is 4.60. The van der Waals surface area contributed by atoms with Gasteiger partial charge >= 0.3 is 0 Å². The van der Waals surface area contributed by atoms with E-state index >= 15 is 0 Å². The van der Waals surface area contributed by atoms with Gasteiger partial charge in [-0.05, 0) is 31.7 Å². The van der Waals surface area contributed by atoms with Crippen molar-refractivity contribution in [2.45, 2.75) is 71.6 Å². The molecular weight excluding hydrogens is 186 g/mol. The van der Waals surface area contributed by atoms with Gasteiger partial charge in [-0.25, -0.2) is 0 Å². The zero-order valence-electron chi connectivity index (χ0n) is 10.8. The van der Waals surface area contributed by atoms with Gasteiger partial charge in [0.2, 0.25) is 0 Å². The van der Waals surface area contributed by atoms with Gasteiger partial charge < -0.3 is 5.11 Å². The van der Waals surface area contributed by atoms with Crippen molar-refractivity contribution in [2.75, 3.05) is 7.05 Å². The van der Waals surface area contributed by atoms with E-state index in [1.54, 1.807) is 0 Å². The zero-order chi connectivity index (χ0) is 11.5. The summed E-state index contributed by atoms with van der Waals surface area (Å²) in [5.41, 5.74) is 0.363. The molecule has 0 radical (unpaired) electrons. The summed E-state index contributed by atoms with van der Waals surface area (Å²) in [5.74, 6) is 0. The van der Waals surface area contributed by atoms with E-state index in [9.17, 15) is 5.11 Å². The van der Waals surface area contributed by atoms with E-state index in [1.807, 2.05) is 0 Å². The van der Waals surface area contributed by atoms with Crippen molar-refractivity contribution in [3.63, 3.8) is 0 Å². The van der Waals surface area contributed by atoms with Crippen molar-refractivity contribution in [1.82, 2.24) is 4.90 Å². The van der Waals surface area contributed by atoms with Crippen molar-refractivity contribution in [3.05, 3.63) is 0 Å². The number of hydrogen-bond acceptors (Lipinski definition) is 2. The summed E-state index contributed by atoms with van der Waals surface area (Å²) in [6.07, 6.45) is 6.89. The van der Waals surface area contributed by atoms with Gasteiger partial charge in [-0.3, -0.25) is 4.90 Å². The molecule has 1 saturated carbocycles. The van der Waals surface area contributed by atoms with Crippen molar-refractivity contribution >= 4 is 0 Å². The highest BCUT2D eigenvalue weighted by molar-refractivity contribution is 4.89. The summed E-state index contributed by atoms with van der Waals surface area (Å²) in [7, 11) is 2.08. The van der Waals surface area contributed by atoms with Crippen LogP contribution in [0.3, 0.4) is 0 Å². The standard InChI is InChI=1S/C13H27NO/c1-5-8-12(15)14(4)11-9-6-7-10-13(11,2)3/h11-12,15H,5-10H2,1-4H3. The highest BCUT2D eigenvalue weighted by atomic mass is 16.3. The van der Waals surface area contributed by atoms with Gasteiger partial charge in [-0.2, -0.15) is 0 Å². The molecule has 1 N–H and O–H groups in total. The third-order valence-electron chi connectivity index (χ3n) is 3.96. The molecule has 2 atom stereocenters. The molecule has 0 aromatic heterocycles. The van der Waals surface area contributed by atoms with Crippen LogP contribution in [0.25, 0.3) is 0 Å². The van der Waals surface area contributed by atoms with Crippen molar-refractivity contribution in [1.29, 1.82) is 0 Å². The lowest BCUT2D eigenvalue weighted by Crippen LogP contribution is -2.49. The highest BCUT2D eigenvalue weighted by Gasteiger charge is 2.36. The fourth-order valence-corrected chi connectivity index (χ4v) is 2.90. The Labute approximate surface area is 94.7 Å². The lowest BCUT2D eigenvalue weighted by molar-refractivity contribution is -0.0585. The molecular formula is C13H27NO. The fourth-order valence-electron chi connectivity index (χ4n) is 2.90. The molecule has 2 heteroatoms. The second-order valence-electron chi connectivity index (χ2n) is 5.68. The minimum Gasteiger partial charge on any atom is -0.378 e. The van der Waals surface area contributed by atoms with E-state index in [0.717, 1.165) is 12.8 Å². The first-order valence-corrected chi connectivity index (χ1v) is 6.39. The van der Waals surface area contributed by atoms with Crippen LogP contribution < -0.4 is 0 Å². The number of aliphatic hydroxyl groups is 1. The van der Waals surface area contributed by atoms with Crippen LogP contribution in [-0.4, -0.2) is 29.3 Å². The number of hydrogen-bond donors (Lipinski definition) is 1. The van der Waals surface area contributed by atoms with E-state index in [1.165, 1.54) is 25.7 Å². The summed E-state index contributed by atoms with van der Waals surface area (Å²) in [6.45, 7) is 6.81. The molecule has 1 fully saturated rings. The molecule has 0 amide bonds. The fraction of sp³-hybridized carbons (Fsp3) is 1.00. The van der Waals surface area contributed by atoms with E-state index in [0.29, 0.717) is 11.5 Å². The summed E-state index contributed by atoms with van der Waals surface area (Å²) in [4.78, 5) is 2.20. The summed E-state index contributed by atoms with van der Waals surface area (Å²) in [5, 5.41) is 10.0. The van der Waals surface area contributed by atoms with Gasteiger partial charge in [0.1, 0.15) is 6.23 Å². The second kappa shape index (κ2) is 5.31. The third kappa shape index (κ3) is 3.18. The Bertz CT molecular complexity index is 191. The molecule has 15 heavy (non-hydrogen) atoms. The lowest BCUT2D eigenvalue weighted by Gasteiger charge is -2.45. The average Bonchev–Trinajstić information content (AvgIpc) is 2.16. The van der Waals surface area contributed by atoms with Crippen LogP contribution in [0.2, 0.25) is 0 Å². The molecule has 1 aliphatic rings. The van der Waals surface area contributed by atoms with Gasteiger partial charge in [-0.15, -0.1) is 0 Å². The van der Waals surface area contributed by atoms with Crippen LogP contribution in [0.1, 0.15) is 59.3 Å². The Morgan fingerprint density at radius 3 is 2.60 bits per heavy atom. The summed E-state index contributed by atoms with van der Waals surface area (Å²) >= 11 is 0. The minimum atomic E-state index is -0.252. The monoisotopic (exact) mass is 213 g/mol. The van der Waals surface area contributed by atoms with Crippen LogP contribution in [0.5, 0.6) is 0 Å². The number of aliphatic hydroxyl groups excluding tert-OH is 1. The molecule has 2 nitrogen and oxygen atoms in total. The molecule has 0 heterocycles. The Morgan fingerprint density at radius 2 is 2.07 bits per heavy atom. The van der Waals surface area contributed by atoms with Crippen LogP contribution in [-0.2, 0) is 0 Å². The van der Waals surface area contributed by atoms with Crippen LogP contribution >= 0.6 is 0 Å². The van der Waals surface area contributed by atoms with E-state index < -0.39 is 0 Å². The van der Waals surface area contributed by atoms with Gasteiger partial charge in [0.05, 0.1) is 0 Å². The normalized spacial score (nSPS) is 28.0. The van der Waals surface area contributed by atoms with E-state index in [4.69, 9.17) is 0 Å². The van der Waals surface area contributed by atoms with Crippen LogP contribution in [0.4, 0.5) is 0 Å². The molecule has 0 aliphatic heterocycles. The molecule has 0 aromatic rings. The molecule has 1 aliphatic carbocycles. The largest absolute Gasteiger partial charge is 0.378 e. The SMILES string of the molecule is CCCC(O)N(C)C1CCCCC1(C)C. The molecule has 0 bridgehead atoms. The summed E-state index contributed by atoms with van der Waals surface area (Å²) < 4.78 is 0. The molecule has 0 saturated heterocycles. The van der Waals surface area contributed by atoms with Crippen molar-refractivity contribution in [3.8, 4) is 0 Å². The van der Waals surface area contributed by atoms with Gasteiger partial charge in [0.25, 0.3) is 0 Å². The second-order valence-corrected chi connectivity index (χ2v) is 5.68. The number of rotatable bonds is 4. The van der Waals surface area contributed by atoms with E-state index in [2.05, 4.69) is 32.7 Å². The molecule has 0 aromatic carbocycles. The highest BCUT2D eigenvalue weighted by Crippen LogP contribution is 2.38. The van der Waals surface area contributed by atoms with Gasteiger partial charge in [0, 0.05) is 6.04 Å². The Morgan fingerprint density at radius 1 is 1.40 bits per heavy atom. The molecule has 2 unspecified atom stereocenters. The van der Waals surface area contributed by atoms with E-state index in [-0.39, 0.29) is 6.23 Å². The van der Waals surface area contributed by atoms with Gasteiger partial charge in [0.15, 0.2) is 0 Å². The molecule has 90 valence electrons. The first-order valence-electron chi connectivity index (χ1n) is 6.39. The van der Waals surface area contributed by atoms with Crippen molar-refractivity contribution < 1.29 is 5.11 Å². The number of nitrogens with zero attached hydrogens (tertiary/aromatic N) is 1. The Balaban J connectivity index is 2.59. The maximum absolute atomic E-state index is 10.0. The first kappa shape index (κ1) is 13.0. The molecule has 1 rings (SSSR count). The first-order chi connectivity index (χ1) is 6.99.